The zero-order chi connectivity index (χ0) is 13.7. The molecule has 19 heavy (non-hydrogen) atoms. The smallest absolute Gasteiger partial charge is 0.319 e. The summed E-state index contributed by atoms with van der Waals surface area (Å²) in [6.07, 6.45) is 2.90. The van der Waals surface area contributed by atoms with Crippen molar-refractivity contribution in [2.45, 2.75) is 30.8 Å². The van der Waals surface area contributed by atoms with Crippen LogP contribution in [0.1, 0.15) is 24.8 Å². The monoisotopic (exact) mass is 326 g/mol. The Hall–Kier alpha value is -0.870. The topological polar surface area (TPSA) is 35.5 Å². The van der Waals surface area contributed by atoms with Gasteiger partial charge < -0.3 is 9.47 Å². The first-order chi connectivity index (χ1) is 9.25. The van der Waals surface area contributed by atoms with Crippen LogP contribution >= 0.6 is 15.9 Å². The summed E-state index contributed by atoms with van der Waals surface area (Å²) in [6, 6.07) is 9.77. The number of ether oxygens (including phenoxy) is 2. The van der Waals surface area contributed by atoms with Crippen molar-refractivity contribution in [2.75, 3.05) is 19.0 Å². The van der Waals surface area contributed by atoms with E-state index in [4.69, 9.17) is 9.47 Å². The predicted molar refractivity (Wildman–Crippen MR) is 77.5 cm³/mol. The van der Waals surface area contributed by atoms with E-state index in [1.165, 1.54) is 7.11 Å². The van der Waals surface area contributed by atoms with Gasteiger partial charge in [-0.3, -0.25) is 4.79 Å². The molecule has 0 spiro atoms. The molecule has 1 aliphatic heterocycles. The number of carbonyl (C=O) groups is 1. The Morgan fingerprint density at radius 2 is 2.16 bits per heavy atom. The van der Waals surface area contributed by atoms with E-state index in [0.717, 1.165) is 24.8 Å². The molecule has 0 aliphatic carbocycles. The summed E-state index contributed by atoms with van der Waals surface area (Å²) in [5.74, 6) is -0.234. The fourth-order valence-corrected chi connectivity index (χ4v) is 3.61. The number of esters is 1. The van der Waals surface area contributed by atoms with Gasteiger partial charge in [-0.2, -0.15) is 0 Å². The Labute approximate surface area is 122 Å². The number of halogens is 1. The van der Waals surface area contributed by atoms with Crippen molar-refractivity contribution in [2.24, 2.45) is 0 Å². The lowest BCUT2D eigenvalue weighted by molar-refractivity contribution is -0.155. The molecular formula is C15H19BrO3. The first-order valence-electron chi connectivity index (χ1n) is 6.57. The molecule has 0 amide bonds. The minimum absolute atomic E-state index is 0.129. The van der Waals surface area contributed by atoms with Gasteiger partial charge in [0.05, 0.1) is 13.2 Å². The van der Waals surface area contributed by atoms with Crippen LogP contribution in [0, 0.1) is 0 Å². The van der Waals surface area contributed by atoms with E-state index in [9.17, 15) is 4.79 Å². The van der Waals surface area contributed by atoms with E-state index in [2.05, 4.69) is 15.9 Å². The second-order valence-corrected chi connectivity index (χ2v) is 5.38. The van der Waals surface area contributed by atoms with E-state index >= 15 is 0 Å². The van der Waals surface area contributed by atoms with Crippen molar-refractivity contribution in [3.63, 3.8) is 0 Å². The van der Waals surface area contributed by atoms with E-state index in [1.807, 2.05) is 30.3 Å². The normalized spacial score (nSPS) is 22.5. The van der Waals surface area contributed by atoms with Crippen molar-refractivity contribution in [1.29, 1.82) is 0 Å². The van der Waals surface area contributed by atoms with Crippen LogP contribution in [0.3, 0.4) is 0 Å². The molecule has 0 aromatic heterocycles. The van der Waals surface area contributed by atoms with Gasteiger partial charge >= 0.3 is 5.97 Å². The van der Waals surface area contributed by atoms with Gasteiger partial charge in [0.25, 0.3) is 0 Å². The maximum atomic E-state index is 12.4. The average molecular weight is 327 g/mol. The van der Waals surface area contributed by atoms with Crippen LogP contribution in [0.2, 0.25) is 0 Å². The Bertz CT molecular complexity index is 415. The van der Waals surface area contributed by atoms with Crippen molar-refractivity contribution < 1.29 is 14.3 Å². The molecule has 1 fully saturated rings. The van der Waals surface area contributed by atoms with Gasteiger partial charge in [0, 0.05) is 11.9 Å². The zero-order valence-electron chi connectivity index (χ0n) is 11.1. The Kier molecular flexibility index (Phi) is 4.99. The molecular weight excluding hydrogens is 308 g/mol. The van der Waals surface area contributed by atoms with Crippen LogP contribution in [0.4, 0.5) is 0 Å². The highest BCUT2D eigenvalue weighted by Gasteiger charge is 2.48. The quantitative estimate of drug-likeness (QED) is 0.630. The third-order valence-corrected chi connectivity index (χ3v) is 4.66. The molecule has 3 nitrogen and oxygen atoms in total. The molecule has 1 saturated heterocycles. The Morgan fingerprint density at radius 3 is 2.68 bits per heavy atom. The van der Waals surface area contributed by atoms with E-state index < -0.39 is 5.41 Å². The van der Waals surface area contributed by atoms with Gasteiger partial charge in [-0.25, -0.2) is 0 Å². The molecule has 1 heterocycles. The van der Waals surface area contributed by atoms with Gasteiger partial charge in [-0.15, -0.1) is 0 Å². The summed E-state index contributed by atoms with van der Waals surface area (Å²) in [4.78, 5) is 12.4. The molecule has 2 unspecified atom stereocenters. The fourth-order valence-electron chi connectivity index (χ4n) is 2.70. The van der Waals surface area contributed by atoms with Crippen LogP contribution in [0.25, 0.3) is 0 Å². The van der Waals surface area contributed by atoms with Crippen molar-refractivity contribution >= 4 is 21.9 Å². The van der Waals surface area contributed by atoms with Crippen LogP contribution in [-0.2, 0) is 19.7 Å². The molecule has 4 heteroatoms. The lowest BCUT2D eigenvalue weighted by atomic mass is 9.75. The maximum Gasteiger partial charge on any atom is 0.319 e. The predicted octanol–water partition coefficient (Wildman–Crippen LogP) is 3.06. The first-order valence-corrected chi connectivity index (χ1v) is 7.69. The number of rotatable bonds is 4. The molecule has 1 aromatic rings. The second-order valence-electron chi connectivity index (χ2n) is 4.82. The molecule has 2 rings (SSSR count). The summed E-state index contributed by atoms with van der Waals surface area (Å²) in [5, 5.41) is 0.501. The Balaban J connectivity index is 2.44. The standard InChI is InChI=1S/C15H19BrO3/c1-18-14(17)15(11-16,12-7-3-2-4-8-12)13-9-5-6-10-19-13/h2-4,7-8,13H,5-6,9-11H2,1H3. The lowest BCUT2D eigenvalue weighted by Crippen LogP contribution is -2.51. The number of alkyl halides is 1. The third kappa shape index (κ3) is 2.70. The van der Waals surface area contributed by atoms with Crippen LogP contribution in [0.15, 0.2) is 30.3 Å². The van der Waals surface area contributed by atoms with Crippen LogP contribution in [0.5, 0.6) is 0 Å². The minimum Gasteiger partial charge on any atom is -0.468 e. The van der Waals surface area contributed by atoms with Crippen LogP contribution < -0.4 is 0 Å². The second kappa shape index (κ2) is 6.53. The summed E-state index contributed by atoms with van der Waals surface area (Å²) < 4.78 is 10.9. The number of benzene rings is 1. The highest BCUT2D eigenvalue weighted by atomic mass is 79.9. The average Bonchev–Trinajstić information content (AvgIpc) is 2.50. The SMILES string of the molecule is COC(=O)C(CBr)(c1ccccc1)C1CCCCO1. The minimum atomic E-state index is -0.754. The molecule has 0 radical (unpaired) electrons. The Morgan fingerprint density at radius 1 is 1.42 bits per heavy atom. The number of hydrogen-bond donors (Lipinski definition) is 0. The summed E-state index contributed by atoms with van der Waals surface area (Å²) in [5.41, 5.74) is 0.196. The van der Waals surface area contributed by atoms with Gasteiger partial charge in [-0.1, -0.05) is 46.3 Å². The van der Waals surface area contributed by atoms with Crippen molar-refractivity contribution in [1.82, 2.24) is 0 Å². The van der Waals surface area contributed by atoms with Gasteiger partial charge in [0.15, 0.2) is 0 Å². The lowest BCUT2D eigenvalue weighted by Gasteiger charge is -2.39. The van der Waals surface area contributed by atoms with Gasteiger partial charge in [0.1, 0.15) is 5.41 Å². The highest BCUT2D eigenvalue weighted by molar-refractivity contribution is 9.09. The number of methoxy groups -OCH3 is 1. The molecule has 0 N–H and O–H groups in total. The molecule has 0 saturated carbocycles. The fraction of sp³-hybridized carbons (Fsp3) is 0.533. The third-order valence-electron chi connectivity index (χ3n) is 3.78. The molecule has 104 valence electrons. The number of carbonyl (C=O) groups excluding carboxylic acids is 1. The molecule has 1 aliphatic rings. The van der Waals surface area contributed by atoms with Gasteiger partial charge in [-0.05, 0) is 24.8 Å². The highest BCUT2D eigenvalue weighted by Crippen LogP contribution is 2.37. The van der Waals surface area contributed by atoms with E-state index in [0.29, 0.717) is 11.9 Å². The summed E-state index contributed by atoms with van der Waals surface area (Å²) in [7, 11) is 1.44. The van der Waals surface area contributed by atoms with Gasteiger partial charge in [0.2, 0.25) is 0 Å². The summed E-state index contributed by atoms with van der Waals surface area (Å²) in [6.45, 7) is 0.712. The molecule has 0 bridgehead atoms. The maximum absolute atomic E-state index is 12.4. The van der Waals surface area contributed by atoms with Crippen molar-refractivity contribution in [3.05, 3.63) is 35.9 Å². The van der Waals surface area contributed by atoms with Crippen LogP contribution in [-0.4, -0.2) is 31.1 Å². The first kappa shape index (κ1) is 14.5. The summed E-state index contributed by atoms with van der Waals surface area (Å²) >= 11 is 3.51. The van der Waals surface area contributed by atoms with E-state index in [1.54, 1.807) is 0 Å². The van der Waals surface area contributed by atoms with E-state index in [-0.39, 0.29) is 12.1 Å². The zero-order valence-corrected chi connectivity index (χ0v) is 12.7. The molecule has 2 atom stereocenters. The largest absolute Gasteiger partial charge is 0.468 e. The van der Waals surface area contributed by atoms with Crippen molar-refractivity contribution in [3.8, 4) is 0 Å². The number of hydrogen-bond acceptors (Lipinski definition) is 3. The molecule has 1 aromatic carbocycles.